The number of fused-ring (bicyclic) bond motifs is 3. The highest BCUT2D eigenvalue weighted by Crippen LogP contribution is 2.55. The average molecular weight is 581 g/mol. The van der Waals surface area contributed by atoms with Crippen molar-refractivity contribution in [2.24, 2.45) is 11.8 Å². The summed E-state index contributed by atoms with van der Waals surface area (Å²) in [6.07, 6.45) is -4.48. The number of alkyl halides is 3. The highest BCUT2D eigenvalue weighted by atomic mass is 19.4. The zero-order chi connectivity index (χ0) is 30.2. The molecule has 1 aliphatic heterocycles. The molecule has 1 amide bonds. The largest absolute Gasteiger partial charge is 0.508 e. The number of aliphatic hydroxyl groups is 3. The summed E-state index contributed by atoms with van der Waals surface area (Å²) in [5, 5.41) is 48.0. The number of aliphatic hydroxyl groups excluding tert-OH is 2. The highest BCUT2D eigenvalue weighted by molar-refractivity contribution is 6.22. The number of hydrogen-bond donors (Lipinski definition) is 6. The Morgan fingerprint density at radius 2 is 1.85 bits per heavy atom. The number of carbonyl (C=O) groups excluding carboxylic acids is 3. The molecule has 3 aliphatic carbocycles. The Morgan fingerprint density at radius 3 is 2.39 bits per heavy atom. The first-order chi connectivity index (χ1) is 19.2. The fraction of sp³-hybridized carbons (Fsp3) is 0.536. The van der Waals surface area contributed by atoms with Gasteiger partial charge in [-0.15, -0.1) is 0 Å². The first-order valence-electron chi connectivity index (χ1n) is 13.7. The van der Waals surface area contributed by atoms with Gasteiger partial charge in [0.1, 0.15) is 11.5 Å². The summed E-state index contributed by atoms with van der Waals surface area (Å²) < 4.78 is 43.9. The summed E-state index contributed by atoms with van der Waals surface area (Å²) in [7, 11) is 0. The van der Waals surface area contributed by atoms with Crippen molar-refractivity contribution in [3.8, 4) is 5.75 Å². The lowest BCUT2D eigenvalue weighted by molar-refractivity contribution is -0.299. The number of quaternary nitrogens is 1. The second-order valence-corrected chi connectivity index (χ2v) is 11.1. The van der Waals surface area contributed by atoms with Crippen molar-refractivity contribution in [1.82, 2.24) is 10.2 Å². The molecule has 2 fully saturated rings. The lowest BCUT2D eigenvalue weighted by atomic mass is 9.57. The van der Waals surface area contributed by atoms with Crippen LogP contribution in [0.25, 0.3) is 5.76 Å². The Kier molecular flexibility index (Phi) is 7.08. The minimum absolute atomic E-state index is 0.158. The van der Waals surface area contributed by atoms with Crippen LogP contribution in [0.1, 0.15) is 61.4 Å². The zero-order valence-electron chi connectivity index (χ0n) is 22.6. The van der Waals surface area contributed by atoms with Gasteiger partial charge in [0.2, 0.25) is 5.78 Å². The van der Waals surface area contributed by atoms with Gasteiger partial charge in [-0.1, -0.05) is 13.8 Å². The number of nitrogens with zero attached hydrogens (tertiary/aromatic N) is 1. The van der Waals surface area contributed by atoms with Gasteiger partial charge in [-0.25, -0.2) is 4.79 Å². The van der Waals surface area contributed by atoms with E-state index in [2.05, 4.69) is 11.1 Å². The number of amides is 1. The van der Waals surface area contributed by atoms with Crippen molar-refractivity contribution in [3.05, 3.63) is 45.2 Å². The molecule has 0 spiro atoms. The molecular weight excluding hydrogens is 547 g/mol. The molecule has 1 saturated carbocycles. The van der Waals surface area contributed by atoms with E-state index in [4.69, 9.17) is 0 Å². The van der Waals surface area contributed by atoms with Crippen LogP contribution < -0.4 is 11.1 Å². The maximum absolute atomic E-state index is 14.6. The van der Waals surface area contributed by atoms with Crippen molar-refractivity contribution in [1.29, 1.82) is 0 Å². The third kappa shape index (κ3) is 4.12. The molecule has 0 radical (unpaired) electrons. The minimum Gasteiger partial charge on any atom is -0.508 e. The molecule has 222 valence electrons. The predicted octanol–water partition coefficient (Wildman–Crippen LogP) is 1.47. The van der Waals surface area contributed by atoms with Crippen LogP contribution >= 0.6 is 0 Å². The Hall–Kier alpha value is -3.26. The Morgan fingerprint density at radius 1 is 1.20 bits per heavy atom. The maximum atomic E-state index is 14.6. The normalized spacial score (nSPS) is 30.0. The van der Waals surface area contributed by atoms with Gasteiger partial charge in [-0.05, 0) is 68.4 Å². The molecule has 0 aromatic heterocycles. The van der Waals surface area contributed by atoms with E-state index in [1.54, 1.807) is 18.7 Å². The van der Waals surface area contributed by atoms with Crippen molar-refractivity contribution < 1.29 is 53.7 Å². The number of halogens is 3. The van der Waals surface area contributed by atoms with E-state index >= 15 is 0 Å². The number of rotatable bonds is 5. The number of aromatic hydroxyl groups is 1. The molecule has 41 heavy (non-hydrogen) atoms. The van der Waals surface area contributed by atoms with E-state index in [0.717, 1.165) is 6.07 Å². The molecule has 1 unspecified atom stereocenters. The number of nitrogens with one attached hydrogen (secondary N) is 1. The van der Waals surface area contributed by atoms with Crippen LogP contribution in [0.15, 0.2) is 23.0 Å². The molecule has 1 aromatic carbocycles. The fourth-order valence-corrected chi connectivity index (χ4v) is 7.38. The number of likely N-dealkylation sites (N-methyl/N-ethyl adjacent to an activating group) is 1. The molecule has 1 aromatic rings. The van der Waals surface area contributed by atoms with Gasteiger partial charge in [-0.3, -0.25) is 20.2 Å². The number of benzene rings is 1. The van der Waals surface area contributed by atoms with Gasteiger partial charge in [-0.2, -0.15) is 13.2 Å². The van der Waals surface area contributed by atoms with Crippen LogP contribution in [0.5, 0.6) is 5.75 Å². The molecule has 0 bridgehead atoms. The van der Waals surface area contributed by atoms with Crippen molar-refractivity contribution in [2.75, 3.05) is 19.6 Å². The van der Waals surface area contributed by atoms with E-state index in [9.17, 15) is 48.0 Å². The first kappa shape index (κ1) is 29.2. The number of hydrogen-bond acceptors (Lipinski definition) is 9. The summed E-state index contributed by atoms with van der Waals surface area (Å²) in [5.41, 5.74) is -3.04. The Bertz CT molecular complexity index is 1410. The van der Waals surface area contributed by atoms with Gasteiger partial charge >= 0.3 is 12.1 Å². The van der Waals surface area contributed by atoms with Crippen LogP contribution in [0.2, 0.25) is 0 Å². The summed E-state index contributed by atoms with van der Waals surface area (Å²) in [6.45, 7) is 4.46. The third-order valence-corrected chi connectivity index (χ3v) is 9.15. The fourth-order valence-electron chi connectivity index (χ4n) is 7.38. The smallest absolute Gasteiger partial charge is 0.417 e. The Labute approximate surface area is 233 Å². The SMILES string of the molecule is CCN(CC)[C@@H]1C(=O)C(C([NH3+])=O)=C(O)[C@@]2(O)C(=O)C3=C(O)c4c(O)cc(C5CCCN5)c(C(F)(F)F)c4C[C@H]3C[C@@H]12. The minimum atomic E-state index is -4.86. The van der Waals surface area contributed by atoms with Crippen LogP contribution in [0.4, 0.5) is 13.2 Å². The highest BCUT2D eigenvalue weighted by Gasteiger charge is 2.65. The summed E-state index contributed by atoms with van der Waals surface area (Å²) in [6, 6.07) is -0.985. The van der Waals surface area contributed by atoms with Crippen LogP contribution in [-0.4, -0.2) is 74.1 Å². The lowest BCUT2D eigenvalue weighted by Gasteiger charge is -2.51. The van der Waals surface area contributed by atoms with Crippen molar-refractivity contribution >= 4 is 23.2 Å². The number of phenolic OH excluding ortho intramolecular Hbond substituents is 1. The number of ketones is 2. The van der Waals surface area contributed by atoms with Crippen LogP contribution in [0.3, 0.4) is 0 Å². The number of Topliss-reactive ketones (excluding diaryl/α,β-unsaturated/α-hetero) is 2. The average Bonchev–Trinajstić information content (AvgIpc) is 3.42. The van der Waals surface area contributed by atoms with Crippen LogP contribution in [0, 0.1) is 11.8 Å². The summed E-state index contributed by atoms with van der Waals surface area (Å²) >= 11 is 0. The molecule has 5 atom stereocenters. The van der Waals surface area contributed by atoms with E-state index in [1.807, 2.05) is 0 Å². The lowest BCUT2D eigenvalue weighted by Crippen LogP contribution is -2.69. The molecule has 1 heterocycles. The van der Waals surface area contributed by atoms with E-state index in [-0.39, 0.29) is 30.6 Å². The van der Waals surface area contributed by atoms with Gasteiger partial charge in [0, 0.05) is 17.5 Å². The molecule has 1 saturated heterocycles. The summed E-state index contributed by atoms with van der Waals surface area (Å²) in [5.74, 6) is -8.39. The maximum Gasteiger partial charge on any atom is 0.417 e. The van der Waals surface area contributed by atoms with Gasteiger partial charge in [0.15, 0.2) is 22.7 Å². The summed E-state index contributed by atoms with van der Waals surface area (Å²) in [4.78, 5) is 41.4. The standard InChI is InChI=1S/C28H32F3N3O7/c1-3-34(4-2)21-14-9-11-8-13-18(16(35)10-12(15-6-5-7-33-15)20(13)28(29,30)31)22(36)17(11)24(38)27(14,41)25(39)19(23(21)37)26(32)40/h10-11,14-15,21,33,35-36,39,41H,3-9H2,1-2H3,(H2,32,40)/p+1/t11-,14-,15?,21-,27-/m0/s1. The van der Waals surface area contributed by atoms with Crippen molar-refractivity contribution in [2.45, 2.75) is 63.4 Å². The van der Waals surface area contributed by atoms with E-state index < -0.39 is 99.1 Å². The van der Waals surface area contributed by atoms with E-state index in [0.29, 0.717) is 19.4 Å². The van der Waals surface area contributed by atoms with Gasteiger partial charge < -0.3 is 25.7 Å². The quantitative estimate of drug-likeness (QED) is 0.282. The first-order valence-corrected chi connectivity index (χ1v) is 13.7. The Balaban J connectivity index is 1.76. The predicted molar refractivity (Wildman–Crippen MR) is 137 cm³/mol. The monoisotopic (exact) mass is 580 g/mol. The zero-order valence-corrected chi connectivity index (χ0v) is 22.6. The molecule has 13 heteroatoms. The molecule has 4 aliphatic rings. The topological polar surface area (TPSA) is 175 Å². The van der Waals surface area contributed by atoms with Gasteiger partial charge in [0.25, 0.3) is 0 Å². The molecular formula is C28H33F3N3O7+. The second kappa shape index (κ2) is 9.93. The third-order valence-electron chi connectivity index (χ3n) is 9.15. The second-order valence-electron chi connectivity index (χ2n) is 11.1. The molecule has 8 N–H and O–H groups in total. The number of phenols is 1. The van der Waals surface area contributed by atoms with Crippen molar-refractivity contribution in [3.63, 3.8) is 0 Å². The molecule has 10 nitrogen and oxygen atoms in total. The van der Waals surface area contributed by atoms with E-state index in [1.165, 1.54) is 0 Å². The molecule has 5 rings (SSSR count). The number of carbonyl (C=O) groups is 3. The van der Waals surface area contributed by atoms with Gasteiger partial charge in [0.05, 0.1) is 17.2 Å². The van der Waals surface area contributed by atoms with Crippen LogP contribution in [-0.2, 0) is 27.0 Å².